The van der Waals surface area contributed by atoms with Crippen LogP contribution in [-0.4, -0.2) is 27.4 Å². The third-order valence-corrected chi connectivity index (χ3v) is 3.04. The molecule has 2 aliphatic carbocycles. The zero-order valence-electron chi connectivity index (χ0n) is 10.2. The van der Waals surface area contributed by atoms with E-state index in [4.69, 9.17) is 0 Å². The summed E-state index contributed by atoms with van der Waals surface area (Å²) >= 11 is 2.52. The molecule has 93 valence electrons. The molecule has 0 fully saturated rings. The average molecular weight is 342 g/mol. The second-order valence-electron chi connectivity index (χ2n) is 3.55. The molecule has 18 heavy (non-hydrogen) atoms. The predicted molar refractivity (Wildman–Crippen MR) is 69.4 cm³/mol. The SMILES string of the molecule is CC1=C(C(=O)O)C2=CC=C=CC=C2/C1=[CH]\[Al].[CH3-].[Rh]. The third-order valence-electron chi connectivity index (χ3n) is 2.70. The first-order valence-electron chi connectivity index (χ1n) is 4.87. The number of rotatable bonds is 1. The molecule has 2 nitrogen and oxygen atoms in total. The molecule has 0 unspecified atom stereocenters. The molecule has 3 radical (unpaired) electrons. The summed E-state index contributed by atoms with van der Waals surface area (Å²) in [6, 6.07) is 0. The van der Waals surface area contributed by atoms with E-state index >= 15 is 0 Å². The fourth-order valence-corrected chi connectivity index (χ4v) is 2.41. The van der Waals surface area contributed by atoms with Crippen molar-refractivity contribution in [2.45, 2.75) is 6.92 Å². The van der Waals surface area contributed by atoms with Crippen LogP contribution in [0.5, 0.6) is 0 Å². The fourth-order valence-electron chi connectivity index (χ4n) is 1.98. The van der Waals surface area contributed by atoms with Gasteiger partial charge in [-0.15, -0.1) is 5.73 Å². The maximum Gasteiger partial charge on any atom is 0.336 e. The average Bonchev–Trinajstić information content (AvgIpc) is 2.40. The number of fused-ring (bicyclic) bond motifs is 1. The van der Waals surface area contributed by atoms with Crippen LogP contribution < -0.4 is 0 Å². The molecule has 0 saturated carbocycles. The molecule has 1 N–H and O–H groups in total. The summed E-state index contributed by atoms with van der Waals surface area (Å²) in [5, 5.41) is 9.22. The Morgan fingerprint density at radius 3 is 2.39 bits per heavy atom. The van der Waals surface area contributed by atoms with Crippen molar-refractivity contribution in [2.24, 2.45) is 0 Å². The van der Waals surface area contributed by atoms with E-state index in [0.717, 1.165) is 22.3 Å². The van der Waals surface area contributed by atoms with Gasteiger partial charge in [-0.05, 0) is 53.5 Å². The Morgan fingerprint density at radius 1 is 1.33 bits per heavy atom. The maximum atomic E-state index is 11.2. The van der Waals surface area contributed by atoms with Gasteiger partial charge in [-0.25, -0.2) is 4.79 Å². The minimum absolute atomic E-state index is 0. The van der Waals surface area contributed by atoms with Gasteiger partial charge in [0, 0.05) is 19.5 Å². The molecule has 0 spiro atoms. The second-order valence-corrected chi connectivity index (χ2v) is 3.88. The van der Waals surface area contributed by atoms with E-state index in [0.29, 0.717) is 5.57 Å². The zero-order chi connectivity index (χ0) is 11.7. The van der Waals surface area contributed by atoms with E-state index in [2.05, 4.69) is 22.0 Å². The van der Waals surface area contributed by atoms with Gasteiger partial charge in [0.2, 0.25) is 0 Å². The van der Waals surface area contributed by atoms with Crippen molar-refractivity contribution in [3.63, 3.8) is 0 Å². The standard InChI is InChI=1S/C13H9O2.CH3.Al.Rh/c1-8-9(2)12(13(14)15)11-7-5-3-4-6-10(8)11;;;/h1,4-7H,2H3,(H,14,15);1H3;;/q;-1;;. The van der Waals surface area contributed by atoms with Crippen LogP contribution >= 0.6 is 0 Å². The van der Waals surface area contributed by atoms with Gasteiger partial charge in [0.05, 0.1) is 5.57 Å². The van der Waals surface area contributed by atoms with Crippen LogP contribution in [-0.2, 0) is 24.3 Å². The van der Waals surface area contributed by atoms with Gasteiger partial charge in [-0.2, -0.15) is 4.94 Å². The van der Waals surface area contributed by atoms with Crippen molar-refractivity contribution in [3.8, 4) is 0 Å². The van der Waals surface area contributed by atoms with E-state index in [9.17, 15) is 9.90 Å². The van der Waals surface area contributed by atoms with Gasteiger partial charge in [0.15, 0.2) is 16.3 Å². The first-order chi connectivity index (χ1) is 7.66. The quantitative estimate of drug-likeness (QED) is 0.452. The molecular formula is C14H12AlO2Rh-. The topological polar surface area (TPSA) is 37.3 Å². The summed E-state index contributed by atoms with van der Waals surface area (Å²) < 4.78 is 0. The van der Waals surface area contributed by atoms with E-state index in [1.165, 1.54) is 0 Å². The normalized spacial score (nSPS) is 18.4. The molecule has 0 saturated heterocycles. The van der Waals surface area contributed by atoms with Crippen LogP contribution in [0.2, 0.25) is 0 Å². The predicted octanol–water partition coefficient (Wildman–Crippen LogP) is 2.48. The van der Waals surface area contributed by atoms with Crippen molar-refractivity contribution < 1.29 is 29.4 Å². The molecule has 0 aliphatic heterocycles. The van der Waals surface area contributed by atoms with E-state index in [1.807, 2.05) is 17.9 Å². The van der Waals surface area contributed by atoms with E-state index < -0.39 is 5.97 Å². The molecule has 0 heterocycles. The Morgan fingerprint density at radius 2 is 1.89 bits per heavy atom. The van der Waals surface area contributed by atoms with Crippen LogP contribution in [0.3, 0.4) is 0 Å². The largest absolute Gasteiger partial charge is 0.478 e. The number of hydrogen-bond acceptors (Lipinski definition) is 1. The van der Waals surface area contributed by atoms with Gasteiger partial charge >= 0.3 is 5.97 Å². The van der Waals surface area contributed by atoms with Crippen LogP contribution in [0.1, 0.15) is 6.92 Å². The Labute approximate surface area is 128 Å². The third kappa shape index (κ3) is 2.74. The molecule has 2 aliphatic rings. The van der Waals surface area contributed by atoms with Gasteiger partial charge in [0.1, 0.15) is 0 Å². The summed E-state index contributed by atoms with van der Waals surface area (Å²) in [4.78, 5) is 13.1. The first kappa shape index (κ1) is 17.1. The number of carbonyl (C=O) groups is 1. The van der Waals surface area contributed by atoms with Crippen LogP contribution in [0.4, 0.5) is 0 Å². The summed E-state index contributed by atoms with van der Waals surface area (Å²) in [6.45, 7) is 1.84. The number of aliphatic carboxylic acids is 1. The number of allylic oxidation sites excluding steroid dienone is 6. The van der Waals surface area contributed by atoms with E-state index in [1.54, 1.807) is 18.2 Å². The van der Waals surface area contributed by atoms with Gasteiger partial charge in [-0.3, -0.25) is 0 Å². The van der Waals surface area contributed by atoms with Crippen LogP contribution in [0.25, 0.3) is 0 Å². The molecule has 0 aromatic carbocycles. The van der Waals surface area contributed by atoms with Gasteiger partial charge < -0.3 is 12.5 Å². The number of hydrogen-bond donors (Lipinski definition) is 1. The molecule has 0 atom stereocenters. The molecule has 2 rings (SSSR count). The van der Waals surface area contributed by atoms with E-state index in [-0.39, 0.29) is 26.9 Å². The molecule has 0 bridgehead atoms. The van der Waals surface area contributed by atoms with Crippen molar-refractivity contribution in [1.29, 1.82) is 0 Å². The van der Waals surface area contributed by atoms with Gasteiger partial charge in [0.25, 0.3) is 0 Å². The van der Waals surface area contributed by atoms with Crippen LogP contribution in [0, 0.1) is 7.43 Å². The summed E-state index contributed by atoms with van der Waals surface area (Å²) in [5.41, 5.74) is 6.81. The number of carboxylic acid groups (broad SMARTS) is 1. The van der Waals surface area contributed by atoms with Crippen molar-refractivity contribution in [3.05, 3.63) is 70.3 Å². The van der Waals surface area contributed by atoms with Crippen molar-refractivity contribution >= 4 is 22.3 Å². The molecule has 0 aromatic rings. The van der Waals surface area contributed by atoms with Crippen molar-refractivity contribution in [2.75, 3.05) is 0 Å². The molecule has 4 heteroatoms. The second kappa shape index (κ2) is 6.88. The summed E-state index contributed by atoms with van der Waals surface area (Å²) in [6.07, 6.45) is 7.22. The summed E-state index contributed by atoms with van der Waals surface area (Å²) in [5.74, 6) is -0.883. The van der Waals surface area contributed by atoms with Gasteiger partial charge in [-0.1, -0.05) is 0 Å². The van der Waals surface area contributed by atoms with Crippen molar-refractivity contribution in [1.82, 2.24) is 0 Å². The Hall–Kier alpha value is -0.894. The monoisotopic (exact) mass is 342 g/mol. The Balaban J connectivity index is 0.00000144. The van der Waals surface area contributed by atoms with Crippen LogP contribution in [0.15, 0.2) is 62.8 Å². The molecule has 0 amide bonds. The first-order valence-corrected chi connectivity index (χ1v) is 5.54. The fraction of sp³-hybridized carbons (Fsp3) is 0.0714. The minimum atomic E-state index is -0.883. The zero-order valence-corrected chi connectivity index (χ0v) is 12.9. The number of carboxylic acids is 1. The minimum Gasteiger partial charge on any atom is -0.478 e. The Bertz CT molecular complexity index is 556. The Kier molecular flexibility index (Phi) is 6.54. The smallest absolute Gasteiger partial charge is 0.336 e. The molecular weight excluding hydrogens is 330 g/mol. The summed E-state index contributed by atoms with van der Waals surface area (Å²) in [7, 11) is 0. The molecule has 0 aromatic heterocycles. The maximum absolute atomic E-state index is 11.2.